The summed E-state index contributed by atoms with van der Waals surface area (Å²) >= 11 is 0. The highest BCUT2D eigenvalue weighted by molar-refractivity contribution is 5.42. The molecule has 136 valence electrons. The molecule has 3 aromatic rings. The quantitative estimate of drug-likeness (QED) is 0.721. The van der Waals surface area contributed by atoms with Crippen LogP contribution in [-0.2, 0) is 11.3 Å². The van der Waals surface area contributed by atoms with Gasteiger partial charge >= 0.3 is 0 Å². The molecule has 3 heterocycles. The minimum atomic E-state index is 0.115. The van der Waals surface area contributed by atoms with Crippen molar-refractivity contribution in [1.29, 1.82) is 0 Å². The normalized spacial score (nSPS) is 19.5. The van der Waals surface area contributed by atoms with E-state index >= 15 is 0 Å². The zero-order chi connectivity index (χ0) is 17.8. The SMILES string of the molecule is CCC(Nc1ccc2nnnn2n1)C1CN(Cc2ccccc2)CCO1. The third-order valence-corrected chi connectivity index (χ3v) is 4.72. The van der Waals surface area contributed by atoms with Gasteiger partial charge in [-0.15, -0.1) is 14.8 Å². The molecule has 1 N–H and O–H groups in total. The number of morpholine rings is 1. The van der Waals surface area contributed by atoms with Crippen molar-refractivity contribution < 1.29 is 4.74 Å². The van der Waals surface area contributed by atoms with Crippen molar-refractivity contribution in [2.24, 2.45) is 0 Å². The minimum absolute atomic E-state index is 0.115. The fraction of sp³-hybridized carbons (Fsp3) is 0.444. The number of ether oxygens (including phenoxy) is 1. The van der Waals surface area contributed by atoms with E-state index in [2.05, 4.69) is 68.1 Å². The molecule has 0 spiro atoms. The van der Waals surface area contributed by atoms with Gasteiger partial charge in [0.15, 0.2) is 5.65 Å². The molecule has 1 aromatic carbocycles. The number of hydrogen-bond donors (Lipinski definition) is 1. The van der Waals surface area contributed by atoms with Gasteiger partial charge in [-0.3, -0.25) is 4.90 Å². The van der Waals surface area contributed by atoms with E-state index in [1.165, 1.54) is 10.2 Å². The zero-order valence-electron chi connectivity index (χ0n) is 14.8. The summed E-state index contributed by atoms with van der Waals surface area (Å²) in [5, 5.41) is 19.2. The van der Waals surface area contributed by atoms with Crippen molar-refractivity contribution in [3.05, 3.63) is 48.0 Å². The Bertz CT molecular complexity index is 838. The van der Waals surface area contributed by atoms with Crippen LogP contribution >= 0.6 is 0 Å². The summed E-state index contributed by atoms with van der Waals surface area (Å²) in [6.07, 6.45) is 1.06. The van der Waals surface area contributed by atoms with E-state index in [0.29, 0.717) is 5.65 Å². The van der Waals surface area contributed by atoms with Gasteiger partial charge in [0, 0.05) is 19.6 Å². The van der Waals surface area contributed by atoms with Gasteiger partial charge in [0.2, 0.25) is 0 Å². The Hall–Kier alpha value is -2.58. The topological polar surface area (TPSA) is 80.5 Å². The van der Waals surface area contributed by atoms with E-state index in [-0.39, 0.29) is 12.1 Å². The van der Waals surface area contributed by atoms with Gasteiger partial charge in [0.1, 0.15) is 5.82 Å². The van der Waals surface area contributed by atoms with Gasteiger partial charge in [0.25, 0.3) is 0 Å². The summed E-state index contributed by atoms with van der Waals surface area (Å²) in [6.45, 7) is 5.71. The van der Waals surface area contributed by atoms with Crippen molar-refractivity contribution in [2.75, 3.05) is 25.0 Å². The highest BCUT2D eigenvalue weighted by atomic mass is 16.5. The fourth-order valence-electron chi connectivity index (χ4n) is 3.33. The van der Waals surface area contributed by atoms with Gasteiger partial charge in [-0.25, -0.2) is 0 Å². The third-order valence-electron chi connectivity index (χ3n) is 4.72. The van der Waals surface area contributed by atoms with Crippen molar-refractivity contribution in [2.45, 2.75) is 32.0 Å². The molecule has 0 saturated carbocycles. The molecule has 1 fully saturated rings. The molecule has 8 heteroatoms. The number of nitrogens with zero attached hydrogens (tertiary/aromatic N) is 6. The maximum Gasteiger partial charge on any atom is 0.200 e. The molecule has 1 aliphatic rings. The van der Waals surface area contributed by atoms with Crippen LogP contribution in [0.25, 0.3) is 5.65 Å². The van der Waals surface area contributed by atoms with Crippen molar-refractivity contribution in [1.82, 2.24) is 30.2 Å². The van der Waals surface area contributed by atoms with Crippen molar-refractivity contribution in [3.8, 4) is 0 Å². The first-order valence-electron chi connectivity index (χ1n) is 9.01. The van der Waals surface area contributed by atoms with Crippen molar-refractivity contribution >= 4 is 11.5 Å². The number of aromatic nitrogens is 5. The molecule has 0 amide bonds. The molecule has 0 radical (unpaired) electrons. The largest absolute Gasteiger partial charge is 0.373 e. The number of anilines is 1. The Kier molecular flexibility index (Phi) is 5.03. The van der Waals surface area contributed by atoms with Gasteiger partial charge in [-0.2, -0.15) is 0 Å². The van der Waals surface area contributed by atoms with Crippen LogP contribution in [0.5, 0.6) is 0 Å². The van der Waals surface area contributed by atoms with Crippen LogP contribution in [0.3, 0.4) is 0 Å². The predicted octanol–water partition coefficient (Wildman–Crippen LogP) is 1.61. The van der Waals surface area contributed by atoms with Crippen LogP contribution in [-0.4, -0.2) is 62.0 Å². The Morgan fingerprint density at radius 3 is 2.96 bits per heavy atom. The average Bonchev–Trinajstić information content (AvgIpc) is 3.15. The molecule has 2 unspecified atom stereocenters. The highest BCUT2D eigenvalue weighted by Crippen LogP contribution is 2.17. The molecule has 8 nitrogen and oxygen atoms in total. The van der Waals surface area contributed by atoms with Crippen LogP contribution in [0.15, 0.2) is 42.5 Å². The number of benzene rings is 1. The minimum Gasteiger partial charge on any atom is -0.373 e. The number of nitrogens with one attached hydrogen (secondary N) is 1. The molecule has 26 heavy (non-hydrogen) atoms. The second-order valence-corrected chi connectivity index (χ2v) is 6.53. The lowest BCUT2D eigenvalue weighted by Crippen LogP contribution is -2.49. The average molecular weight is 353 g/mol. The van der Waals surface area contributed by atoms with Gasteiger partial charge in [0.05, 0.1) is 18.8 Å². The lowest BCUT2D eigenvalue weighted by Gasteiger charge is -2.37. The van der Waals surface area contributed by atoms with Crippen LogP contribution < -0.4 is 5.32 Å². The number of fused-ring (bicyclic) bond motifs is 1. The molecule has 1 saturated heterocycles. The number of hydrogen-bond acceptors (Lipinski definition) is 7. The van der Waals surface area contributed by atoms with Crippen molar-refractivity contribution in [3.63, 3.8) is 0 Å². The van der Waals surface area contributed by atoms with E-state index < -0.39 is 0 Å². The van der Waals surface area contributed by atoms with E-state index in [1.54, 1.807) is 0 Å². The molecular weight excluding hydrogens is 330 g/mol. The molecular formula is C18H23N7O. The summed E-state index contributed by atoms with van der Waals surface area (Å²) in [6, 6.07) is 14.5. The Balaban J connectivity index is 1.42. The number of rotatable bonds is 6. The Morgan fingerprint density at radius 2 is 2.12 bits per heavy atom. The van der Waals surface area contributed by atoms with E-state index in [4.69, 9.17) is 4.74 Å². The number of tetrazole rings is 1. The van der Waals surface area contributed by atoms with E-state index in [1.807, 2.05) is 12.1 Å². The molecule has 1 aliphatic heterocycles. The lowest BCUT2D eigenvalue weighted by atomic mass is 10.1. The molecule has 0 aliphatic carbocycles. The van der Waals surface area contributed by atoms with Crippen LogP contribution in [0, 0.1) is 0 Å². The second-order valence-electron chi connectivity index (χ2n) is 6.53. The summed E-state index contributed by atoms with van der Waals surface area (Å²) in [7, 11) is 0. The van der Waals surface area contributed by atoms with Crippen LogP contribution in [0.4, 0.5) is 5.82 Å². The first-order chi connectivity index (χ1) is 12.8. The molecule has 2 aromatic heterocycles. The monoisotopic (exact) mass is 353 g/mol. The maximum atomic E-state index is 6.06. The van der Waals surface area contributed by atoms with Gasteiger partial charge < -0.3 is 10.1 Å². The molecule has 0 bridgehead atoms. The first-order valence-corrected chi connectivity index (χ1v) is 9.01. The zero-order valence-corrected chi connectivity index (χ0v) is 14.8. The third kappa shape index (κ3) is 3.81. The highest BCUT2D eigenvalue weighted by Gasteiger charge is 2.27. The smallest absolute Gasteiger partial charge is 0.200 e. The van der Waals surface area contributed by atoms with Gasteiger partial charge in [-0.1, -0.05) is 37.3 Å². The standard InChI is InChI=1S/C18H23N7O/c1-2-15(19-17-8-9-18-20-22-23-25(18)21-17)16-13-24(10-11-26-16)12-14-6-4-3-5-7-14/h3-9,15-16H,2,10-13H2,1H3,(H,19,21). The second kappa shape index (κ2) is 7.76. The Morgan fingerprint density at radius 1 is 1.23 bits per heavy atom. The molecule has 4 rings (SSSR count). The van der Waals surface area contributed by atoms with Crippen LogP contribution in [0.2, 0.25) is 0 Å². The van der Waals surface area contributed by atoms with E-state index in [0.717, 1.165) is 38.5 Å². The van der Waals surface area contributed by atoms with Crippen LogP contribution in [0.1, 0.15) is 18.9 Å². The fourth-order valence-corrected chi connectivity index (χ4v) is 3.33. The maximum absolute atomic E-state index is 6.06. The summed E-state index contributed by atoms with van der Waals surface area (Å²) in [4.78, 5) is 2.45. The van der Waals surface area contributed by atoms with E-state index in [9.17, 15) is 0 Å². The summed E-state index contributed by atoms with van der Waals surface area (Å²) in [5.74, 6) is 0.750. The Labute approximate surface area is 152 Å². The first kappa shape index (κ1) is 16.9. The predicted molar refractivity (Wildman–Crippen MR) is 97.7 cm³/mol. The van der Waals surface area contributed by atoms with Gasteiger partial charge in [-0.05, 0) is 34.5 Å². The lowest BCUT2D eigenvalue weighted by molar-refractivity contribution is -0.0403. The molecule has 2 atom stereocenters. The summed E-state index contributed by atoms with van der Waals surface area (Å²) in [5.41, 5.74) is 1.96. The summed E-state index contributed by atoms with van der Waals surface area (Å²) < 4.78 is 7.49.